The molecule has 1 aliphatic heterocycles. The van der Waals surface area contributed by atoms with Gasteiger partial charge in [-0.05, 0) is 37.8 Å². The predicted octanol–water partition coefficient (Wildman–Crippen LogP) is 2.22. The van der Waals surface area contributed by atoms with Gasteiger partial charge in [0.2, 0.25) is 5.91 Å². The van der Waals surface area contributed by atoms with E-state index in [4.69, 9.17) is 0 Å². The standard InChI is InChI=1S/C17H22N2O3/c1-11(2)8-9-12(3)18-15(20)10-19-16(21)13-6-4-5-7-14(13)17(19)22/h4-7,11-12H,8-10H2,1-3H3,(H,18,20). The molecule has 1 aromatic carbocycles. The molecule has 118 valence electrons. The third kappa shape index (κ3) is 3.53. The molecule has 1 aliphatic rings. The number of carbonyl (C=O) groups excluding carboxylic acids is 3. The number of rotatable bonds is 6. The largest absolute Gasteiger partial charge is 0.352 e. The zero-order valence-corrected chi connectivity index (χ0v) is 13.3. The molecule has 0 saturated carbocycles. The monoisotopic (exact) mass is 302 g/mol. The fraction of sp³-hybridized carbons (Fsp3) is 0.471. The molecule has 2 rings (SSSR count). The third-order valence-corrected chi connectivity index (χ3v) is 3.76. The van der Waals surface area contributed by atoms with Crippen LogP contribution in [0.4, 0.5) is 0 Å². The molecule has 1 atom stereocenters. The Morgan fingerprint density at radius 3 is 2.09 bits per heavy atom. The number of hydrogen-bond donors (Lipinski definition) is 1. The Bertz CT molecular complexity index is 560. The van der Waals surface area contributed by atoms with E-state index in [0.29, 0.717) is 17.0 Å². The van der Waals surface area contributed by atoms with Crippen molar-refractivity contribution in [1.82, 2.24) is 10.2 Å². The van der Waals surface area contributed by atoms with Gasteiger partial charge in [-0.1, -0.05) is 26.0 Å². The molecule has 0 aliphatic carbocycles. The van der Waals surface area contributed by atoms with Crippen LogP contribution in [-0.2, 0) is 4.79 Å². The Labute approximate surface area is 130 Å². The highest BCUT2D eigenvalue weighted by atomic mass is 16.2. The highest BCUT2D eigenvalue weighted by Crippen LogP contribution is 2.21. The van der Waals surface area contributed by atoms with Gasteiger partial charge < -0.3 is 5.32 Å². The maximum Gasteiger partial charge on any atom is 0.262 e. The number of fused-ring (bicyclic) bond motifs is 1. The minimum Gasteiger partial charge on any atom is -0.352 e. The smallest absolute Gasteiger partial charge is 0.262 e. The van der Waals surface area contributed by atoms with Gasteiger partial charge in [-0.25, -0.2) is 0 Å². The van der Waals surface area contributed by atoms with Gasteiger partial charge in [-0.15, -0.1) is 0 Å². The number of hydrogen-bond acceptors (Lipinski definition) is 3. The highest BCUT2D eigenvalue weighted by molar-refractivity contribution is 6.22. The fourth-order valence-corrected chi connectivity index (χ4v) is 2.50. The van der Waals surface area contributed by atoms with E-state index in [1.54, 1.807) is 24.3 Å². The van der Waals surface area contributed by atoms with Crippen LogP contribution in [0.2, 0.25) is 0 Å². The number of carbonyl (C=O) groups is 3. The molecular weight excluding hydrogens is 280 g/mol. The third-order valence-electron chi connectivity index (χ3n) is 3.76. The lowest BCUT2D eigenvalue weighted by atomic mass is 10.0. The van der Waals surface area contributed by atoms with Gasteiger partial charge in [0.25, 0.3) is 11.8 Å². The minimum atomic E-state index is -0.398. The molecule has 0 bridgehead atoms. The van der Waals surface area contributed by atoms with Crippen LogP contribution in [0.5, 0.6) is 0 Å². The molecule has 1 N–H and O–H groups in total. The van der Waals surface area contributed by atoms with Crippen LogP contribution >= 0.6 is 0 Å². The van der Waals surface area contributed by atoms with Crippen LogP contribution in [0, 0.1) is 5.92 Å². The second kappa shape index (κ2) is 6.73. The number of amides is 3. The molecule has 1 unspecified atom stereocenters. The summed E-state index contributed by atoms with van der Waals surface area (Å²) in [5, 5.41) is 2.84. The summed E-state index contributed by atoms with van der Waals surface area (Å²) in [6, 6.07) is 6.67. The number of imide groups is 1. The highest BCUT2D eigenvalue weighted by Gasteiger charge is 2.36. The van der Waals surface area contributed by atoms with Crippen LogP contribution in [-0.4, -0.2) is 35.2 Å². The van der Waals surface area contributed by atoms with E-state index in [1.807, 2.05) is 6.92 Å². The van der Waals surface area contributed by atoms with Crippen LogP contribution in [0.3, 0.4) is 0 Å². The summed E-state index contributed by atoms with van der Waals surface area (Å²) in [4.78, 5) is 37.4. The SMILES string of the molecule is CC(C)CCC(C)NC(=O)CN1C(=O)c2ccccc2C1=O. The van der Waals surface area contributed by atoms with Crippen molar-refractivity contribution in [2.24, 2.45) is 5.92 Å². The number of nitrogens with one attached hydrogen (secondary N) is 1. The van der Waals surface area contributed by atoms with Gasteiger partial charge in [0.05, 0.1) is 11.1 Å². The normalized spacial score (nSPS) is 15.2. The van der Waals surface area contributed by atoms with E-state index in [1.165, 1.54) is 0 Å². The molecule has 0 aromatic heterocycles. The van der Waals surface area contributed by atoms with Gasteiger partial charge in [0.15, 0.2) is 0 Å². The molecular formula is C17H22N2O3. The van der Waals surface area contributed by atoms with Crippen molar-refractivity contribution < 1.29 is 14.4 Å². The van der Waals surface area contributed by atoms with E-state index in [2.05, 4.69) is 19.2 Å². The van der Waals surface area contributed by atoms with E-state index < -0.39 is 11.8 Å². The fourth-order valence-electron chi connectivity index (χ4n) is 2.50. The van der Waals surface area contributed by atoms with Crippen molar-refractivity contribution in [3.05, 3.63) is 35.4 Å². The molecule has 0 spiro atoms. The minimum absolute atomic E-state index is 0.0325. The Balaban J connectivity index is 1.93. The van der Waals surface area contributed by atoms with Crippen LogP contribution in [0.15, 0.2) is 24.3 Å². The van der Waals surface area contributed by atoms with E-state index in [9.17, 15) is 14.4 Å². The van der Waals surface area contributed by atoms with Crippen molar-refractivity contribution in [1.29, 1.82) is 0 Å². The summed E-state index contributed by atoms with van der Waals surface area (Å²) in [6.07, 6.45) is 1.90. The Morgan fingerprint density at radius 1 is 1.05 bits per heavy atom. The lowest BCUT2D eigenvalue weighted by Gasteiger charge is -2.18. The van der Waals surface area contributed by atoms with E-state index >= 15 is 0 Å². The van der Waals surface area contributed by atoms with Gasteiger partial charge in [-0.2, -0.15) is 0 Å². The van der Waals surface area contributed by atoms with Crippen molar-refractivity contribution >= 4 is 17.7 Å². The lowest BCUT2D eigenvalue weighted by Crippen LogP contribution is -2.43. The van der Waals surface area contributed by atoms with Crippen LogP contribution < -0.4 is 5.32 Å². The molecule has 1 heterocycles. The average Bonchev–Trinajstić information content (AvgIpc) is 2.71. The average molecular weight is 302 g/mol. The van der Waals surface area contributed by atoms with Crippen LogP contribution in [0.25, 0.3) is 0 Å². The Hall–Kier alpha value is -2.17. The van der Waals surface area contributed by atoms with E-state index in [0.717, 1.165) is 17.7 Å². The first-order chi connectivity index (χ1) is 10.4. The molecule has 0 saturated heterocycles. The summed E-state index contributed by atoms with van der Waals surface area (Å²) >= 11 is 0. The second-order valence-corrected chi connectivity index (χ2v) is 6.18. The number of benzene rings is 1. The molecule has 22 heavy (non-hydrogen) atoms. The molecule has 5 heteroatoms. The summed E-state index contributed by atoms with van der Waals surface area (Å²) < 4.78 is 0. The molecule has 0 radical (unpaired) electrons. The summed E-state index contributed by atoms with van der Waals surface area (Å²) in [6.45, 7) is 5.97. The van der Waals surface area contributed by atoms with Crippen molar-refractivity contribution in [3.8, 4) is 0 Å². The van der Waals surface area contributed by atoms with Crippen molar-refractivity contribution in [2.45, 2.75) is 39.7 Å². The molecule has 3 amide bonds. The molecule has 0 fully saturated rings. The van der Waals surface area contributed by atoms with Crippen molar-refractivity contribution in [2.75, 3.05) is 6.54 Å². The van der Waals surface area contributed by atoms with Gasteiger partial charge in [0, 0.05) is 6.04 Å². The van der Waals surface area contributed by atoms with Gasteiger partial charge in [-0.3, -0.25) is 19.3 Å². The topological polar surface area (TPSA) is 66.5 Å². The summed E-state index contributed by atoms with van der Waals surface area (Å²) in [7, 11) is 0. The summed E-state index contributed by atoms with van der Waals surface area (Å²) in [5.74, 6) is -0.516. The Kier molecular flexibility index (Phi) is 4.96. The first-order valence-electron chi connectivity index (χ1n) is 7.64. The quantitative estimate of drug-likeness (QED) is 0.819. The van der Waals surface area contributed by atoms with Gasteiger partial charge in [0.1, 0.15) is 6.54 Å². The first kappa shape index (κ1) is 16.2. The zero-order chi connectivity index (χ0) is 16.3. The maximum atomic E-state index is 12.2. The Morgan fingerprint density at radius 2 is 1.59 bits per heavy atom. The molecule has 5 nitrogen and oxygen atoms in total. The second-order valence-electron chi connectivity index (χ2n) is 6.18. The number of nitrogens with zero attached hydrogens (tertiary/aromatic N) is 1. The molecule has 1 aromatic rings. The predicted molar refractivity (Wildman–Crippen MR) is 83.5 cm³/mol. The zero-order valence-electron chi connectivity index (χ0n) is 13.3. The van der Waals surface area contributed by atoms with E-state index in [-0.39, 0.29) is 18.5 Å². The lowest BCUT2D eigenvalue weighted by molar-refractivity contribution is -0.122. The van der Waals surface area contributed by atoms with Crippen molar-refractivity contribution in [3.63, 3.8) is 0 Å². The van der Waals surface area contributed by atoms with Crippen LogP contribution in [0.1, 0.15) is 54.3 Å². The first-order valence-corrected chi connectivity index (χ1v) is 7.64. The maximum absolute atomic E-state index is 12.2. The van der Waals surface area contributed by atoms with Gasteiger partial charge >= 0.3 is 0 Å². The summed E-state index contributed by atoms with van der Waals surface area (Å²) in [5.41, 5.74) is 0.737.